The van der Waals surface area contributed by atoms with Gasteiger partial charge in [-0.3, -0.25) is 14.7 Å². The third kappa shape index (κ3) is 3.14. The molecule has 0 radical (unpaired) electrons. The molecule has 2 atom stereocenters. The van der Waals surface area contributed by atoms with Crippen molar-refractivity contribution in [2.45, 2.75) is 38.0 Å². The fourth-order valence-electron chi connectivity index (χ4n) is 4.90. The van der Waals surface area contributed by atoms with Crippen molar-refractivity contribution >= 4 is 22.5 Å². The van der Waals surface area contributed by atoms with Gasteiger partial charge in [0, 0.05) is 37.6 Å². The van der Waals surface area contributed by atoms with Crippen LogP contribution in [0.1, 0.15) is 24.8 Å². The second kappa shape index (κ2) is 7.10. The molecule has 3 heterocycles. The van der Waals surface area contributed by atoms with Crippen LogP contribution in [0, 0.1) is 5.92 Å². The van der Waals surface area contributed by atoms with E-state index in [1.807, 2.05) is 53.6 Å². The molecule has 5 heteroatoms. The van der Waals surface area contributed by atoms with Gasteiger partial charge in [-0.1, -0.05) is 30.3 Å². The Morgan fingerprint density at radius 1 is 1.03 bits per heavy atom. The first-order valence-corrected chi connectivity index (χ1v) is 10.9. The molecule has 5 nitrogen and oxygen atoms in total. The number of anilines is 1. The molecule has 152 valence electrons. The molecule has 0 N–H and O–H groups in total. The van der Waals surface area contributed by atoms with E-state index in [1.54, 1.807) is 0 Å². The van der Waals surface area contributed by atoms with E-state index < -0.39 is 0 Å². The lowest BCUT2D eigenvalue weighted by Crippen LogP contribution is -2.46. The van der Waals surface area contributed by atoms with Gasteiger partial charge in [0.2, 0.25) is 5.91 Å². The molecular formula is C25H25N3O2. The number of hydrogen-bond donors (Lipinski definition) is 0. The van der Waals surface area contributed by atoms with Gasteiger partial charge < -0.3 is 9.64 Å². The van der Waals surface area contributed by atoms with Gasteiger partial charge in [0.1, 0.15) is 11.9 Å². The number of fused-ring (bicyclic) bond motifs is 4. The number of aromatic nitrogens is 1. The van der Waals surface area contributed by atoms with Gasteiger partial charge in [-0.15, -0.1) is 0 Å². The number of pyridine rings is 1. The zero-order chi connectivity index (χ0) is 20.1. The molecule has 0 unspecified atom stereocenters. The van der Waals surface area contributed by atoms with E-state index in [-0.39, 0.29) is 18.1 Å². The van der Waals surface area contributed by atoms with Crippen LogP contribution in [0.5, 0.6) is 5.75 Å². The van der Waals surface area contributed by atoms with Crippen LogP contribution in [0.3, 0.4) is 0 Å². The summed E-state index contributed by atoms with van der Waals surface area (Å²) in [5.41, 5.74) is 3.14. The highest BCUT2D eigenvalue weighted by Gasteiger charge is 2.43. The summed E-state index contributed by atoms with van der Waals surface area (Å²) in [7, 11) is 0. The molecule has 2 bridgehead atoms. The Kier molecular flexibility index (Phi) is 4.23. The average molecular weight is 399 g/mol. The Labute approximate surface area is 176 Å². The number of ether oxygens (including phenoxy) is 1. The standard InChI is InChI=1S/C25H25N3O2/c29-25-23-13-19(30-24-8-4-3-7-22(24)28(25)14-17-9-10-17)16-27(23)15-18-11-12-26-21-6-2-1-5-20(18)21/h1-8,11-12,17,19,23H,9-10,13-16H2/t19-,23-/m0/s1. The van der Waals surface area contributed by atoms with Crippen LogP contribution in [0.2, 0.25) is 0 Å². The van der Waals surface area contributed by atoms with E-state index in [0.717, 1.165) is 48.4 Å². The summed E-state index contributed by atoms with van der Waals surface area (Å²) in [4.78, 5) is 22.6. The first-order chi connectivity index (χ1) is 14.8. The van der Waals surface area contributed by atoms with Gasteiger partial charge in [-0.05, 0) is 48.6 Å². The van der Waals surface area contributed by atoms with Crippen molar-refractivity contribution < 1.29 is 9.53 Å². The Morgan fingerprint density at radius 2 is 1.87 bits per heavy atom. The molecule has 1 amide bonds. The first kappa shape index (κ1) is 17.9. The second-order valence-corrected chi connectivity index (χ2v) is 8.77. The first-order valence-electron chi connectivity index (χ1n) is 10.9. The van der Waals surface area contributed by atoms with Crippen molar-refractivity contribution in [3.8, 4) is 5.75 Å². The number of hydrogen-bond acceptors (Lipinski definition) is 4. The van der Waals surface area contributed by atoms with Gasteiger partial charge in [0.15, 0.2) is 0 Å². The van der Waals surface area contributed by atoms with Crippen LogP contribution in [0.15, 0.2) is 60.8 Å². The van der Waals surface area contributed by atoms with E-state index >= 15 is 0 Å². The van der Waals surface area contributed by atoms with Crippen molar-refractivity contribution in [3.63, 3.8) is 0 Å². The van der Waals surface area contributed by atoms with Crippen molar-refractivity contribution in [2.75, 3.05) is 18.0 Å². The van der Waals surface area contributed by atoms with Crippen LogP contribution in [-0.4, -0.2) is 41.0 Å². The van der Waals surface area contributed by atoms with Crippen molar-refractivity contribution in [3.05, 3.63) is 66.4 Å². The topological polar surface area (TPSA) is 45.7 Å². The van der Waals surface area contributed by atoms with Crippen LogP contribution in [0.25, 0.3) is 10.9 Å². The summed E-state index contributed by atoms with van der Waals surface area (Å²) in [6.07, 6.45) is 5.08. The number of carbonyl (C=O) groups excluding carboxylic acids is 1. The van der Waals surface area contributed by atoms with Crippen LogP contribution < -0.4 is 9.64 Å². The van der Waals surface area contributed by atoms with Crippen LogP contribution >= 0.6 is 0 Å². The quantitative estimate of drug-likeness (QED) is 0.665. The lowest BCUT2D eigenvalue weighted by molar-refractivity contribution is -0.123. The molecule has 2 fully saturated rings. The number of carbonyl (C=O) groups is 1. The van der Waals surface area contributed by atoms with E-state index in [0.29, 0.717) is 5.92 Å². The SMILES string of the molecule is O=C1[C@@H]2C[C@@H](CN2Cc2ccnc3ccccc23)Oc2ccccc2N1CC1CC1. The third-order valence-corrected chi connectivity index (χ3v) is 6.62. The van der Waals surface area contributed by atoms with Gasteiger partial charge in [0.25, 0.3) is 0 Å². The smallest absolute Gasteiger partial charge is 0.244 e. The van der Waals surface area contributed by atoms with Gasteiger partial charge in [-0.25, -0.2) is 0 Å². The summed E-state index contributed by atoms with van der Waals surface area (Å²) in [6, 6.07) is 18.2. The molecule has 2 aliphatic heterocycles. The molecule has 0 spiro atoms. The fourth-order valence-corrected chi connectivity index (χ4v) is 4.90. The number of likely N-dealkylation sites (tertiary alicyclic amines) is 1. The van der Waals surface area contributed by atoms with Gasteiger partial charge in [-0.2, -0.15) is 0 Å². The lowest BCUT2D eigenvalue weighted by atomic mass is 10.1. The predicted octanol–water partition coefficient (Wildman–Crippen LogP) is 4.01. The summed E-state index contributed by atoms with van der Waals surface area (Å²) in [5.74, 6) is 1.68. The largest absolute Gasteiger partial charge is 0.487 e. The third-order valence-electron chi connectivity index (χ3n) is 6.62. The number of amides is 1. The Hall–Kier alpha value is -2.92. The van der Waals surface area contributed by atoms with Crippen molar-refractivity contribution in [1.82, 2.24) is 9.88 Å². The monoisotopic (exact) mass is 399 g/mol. The average Bonchev–Trinajstić information content (AvgIpc) is 3.50. The lowest BCUT2D eigenvalue weighted by Gasteiger charge is -2.32. The highest BCUT2D eigenvalue weighted by atomic mass is 16.5. The number of nitrogens with zero attached hydrogens (tertiary/aromatic N) is 3. The number of benzene rings is 2. The molecule has 2 aromatic carbocycles. The van der Waals surface area contributed by atoms with E-state index in [2.05, 4.69) is 22.0 Å². The van der Waals surface area contributed by atoms with Crippen LogP contribution in [0.4, 0.5) is 5.69 Å². The molecule has 1 saturated carbocycles. The summed E-state index contributed by atoms with van der Waals surface area (Å²) in [6.45, 7) is 2.29. The summed E-state index contributed by atoms with van der Waals surface area (Å²) >= 11 is 0. The maximum absolute atomic E-state index is 13.8. The fraction of sp³-hybridized carbons (Fsp3) is 0.360. The van der Waals surface area contributed by atoms with Crippen molar-refractivity contribution in [1.29, 1.82) is 0 Å². The minimum absolute atomic E-state index is 0.0382. The van der Waals surface area contributed by atoms with Gasteiger partial charge in [0.05, 0.1) is 17.2 Å². The highest BCUT2D eigenvalue weighted by Crippen LogP contribution is 2.39. The zero-order valence-corrected chi connectivity index (χ0v) is 16.9. The minimum atomic E-state index is -0.144. The highest BCUT2D eigenvalue weighted by molar-refractivity contribution is 5.99. The molecule has 1 aliphatic carbocycles. The molecule has 3 aromatic rings. The Balaban J connectivity index is 1.35. The van der Waals surface area contributed by atoms with E-state index in [9.17, 15) is 4.79 Å². The maximum Gasteiger partial charge on any atom is 0.244 e. The van der Waals surface area contributed by atoms with Crippen LogP contribution in [-0.2, 0) is 11.3 Å². The van der Waals surface area contributed by atoms with Gasteiger partial charge >= 0.3 is 0 Å². The van der Waals surface area contributed by atoms with E-state index in [4.69, 9.17) is 4.74 Å². The normalized spacial score (nSPS) is 23.7. The zero-order valence-electron chi connectivity index (χ0n) is 16.9. The second-order valence-electron chi connectivity index (χ2n) is 8.77. The van der Waals surface area contributed by atoms with E-state index in [1.165, 1.54) is 18.4 Å². The maximum atomic E-state index is 13.8. The molecule has 30 heavy (non-hydrogen) atoms. The molecule has 1 saturated heterocycles. The molecule has 1 aromatic heterocycles. The number of rotatable bonds is 4. The molecule has 3 aliphatic rings. The minimum Gasteiger partial charge on any atom is -0.487 e. The summed E-state index contributed by atoms with van der Waals surface area (Å²) < 4.78 is 6.42. The Bertz CT molecular complexity index is 1110. The van der Waals surface area contributed by atoms with Crippen molar-refractivity contribution in [2.24, 2.45) is 5.92 Å². The molecule has 6 rings (SSSR count). The Morgan fingerprint density at radius 3 is 2.77 bits per heavy atom. The number of para-hydroxylation sites is 3. The summed E-state index contributed by atoms with van der Waals surface area (Å²) in [5, 5.41) is 1.16. The predicted molar refractivity (Wildman–Crippen MR) is 116 cm³/mol. The molecular weight excluding hydrogens is 374 g/mol.